The Hall–Kier alpha value is -2.78. The molecule has 3 heterocycles. The van der Waals surface area contributed by atoms with Gasteiger partial charge in [0.25, 0.3) is 0 Å². The van der Waals surface area contributed by atoms with Crippen LogP contribution in [0.1, 0.15) is 42.0 Å². The maximum atomic E-state index is 13.3. The lowest BCUT2D eigenvalue weighted by atomic mass is 9.98. The lowest BCUT2D eigenvalue weighted by Crippen LogP contribution is -2.28. The van der Waals surface area contributed by atoms with Crippen molar-refractivity contribution in [1.82, 2.24) is 9.88 Å². The molecule has 0 radical (unpaired) electrons. The van der Waals surface area contributed by atoms with E-state index < -0.39 is 23.6 Å². The van der Waals surface area contributed by atoms with Gasteiger partial charge in [-0.2, -0.15) is 26.3 Å². The van der Waals surface area contributed by atoms with E-state index in [-0.39, 0.29) is 24.2 Å². The van der Waals surface area contributed by atoms with Crippen molar-refractivity contribution >= 4 is 17.4 Å². The molecule has 0 bridgehead atoms. The lowest BCUT2D eigenvalue weighted by Gasteiger charge is -2.22. The Bertz CT molecular complexity index is 988. The van der Waals surface area contributed by atoms with E-state index in [9.17, 15) is 31.1 Å². The van der Waals surface area contributed by atoms with Crippen LogP contribution >= 0.6 is 0 Å². The van der Waals surface area contributed by atoms with Crippen LogP contribution in [-0.2, 0) is 17.1 Å². The third-order valence-electron chi connectivity index (χ3n) is 5.72. The number of alkyl halides is 6. The molecular formula is C21H19F6N3O. The number of hydrogen-bond donors (Lipinski definition) is 0. The first kappa shape index (κ1) is 21.5. The number of hydrogen-bond acceptors (Lipinski definition) is 3. The molecule has 2 aliphatic heterocycles. The van der Waals surface area contributed by atoms with Crippen molar-refractivity contribution in [2.45, 2.75) is 37.5 Å². The van der Waals surface area contributed by atoms with Crippen LogP contribution in [0.2, 0.25) is 0 Å². The SMILES string of the molecule is O=C1CCCN1CCC1CN(c2ccc(C(F)(F)F)c(C(F)(F)F)n2)c2ccccc21. The standard InChI is InChI=1S/C21H19F6N3O/c22-20(23,24)15-7-8-17(28-19(15)21(25,26)27)30-12-13(14-4-1-2-5-16(14)30)9-11-29-10-3-6-18(29)31/h1-2,4-5,7-8,13H,3,6,9-12H2. The fourth-order valence-electron chi connectivity index (χ4n) is 4.26. The molecule has 1 amide bonds. The van der Waals surface area contributed by atoms with Crippen molar-refractivity contribution in [2.24, 2.45) is 0 Å². The number of likely N-dealkylation sites (tertiary alicyclic amines) is 1. The van der Waals surface area contributed by atoms with Crippen LogP contribution in [0.25, 0.3) is 0 Å². The maximum Gasteiger partial charge on any atom is 0.434 e. The van der Waals surface area contributed by atoms with Gasteiger partial charge in [0.1, 0.15) is 5.82 Å². The topological polar surface area (TPSA) is 36.4 Å². The van der Waals surface area contributed by atoms with Crippen LogP contribution in [0.15, 0.2) is 36.4 Å². The van der Waals surface area contributed by atoms with Crippen molar-refractivity contribution in [3.63, 3.8) is 0 Å². The van der Waals surface area contributed by atoms with E-state index in [1.54, 1.807) is 23.1 Å². The maximum absolute atomic E-state index is 13.3. The number of rotatable bonds is 4. The number of amides is 1. The molecule has 166 valence electrons. The van der Waals surface area contributed by atoms with Crippen molar-refractivity contribution in [3.05, 3.63) is 53.2 Å². The van der Waals surface area contributed by atoms with E-state index in [0.717, 1.165) is 18.1 Å². The van der Waals surface area contributed by atoms with Gasteiger partial charge in [-0.3, -0.25) is 4.79 Å². The van der Waals surface area contributed by atoms with Crippen LogP contribution < -0.4 is 4.90 Å². The number of carbonyl (C=O) groups excluding carboxylic acids is 1. The minimum Gasteiger partial charge on any atom is -0.343 e. The molecule has 1 atom stereocenters. The van der Waals surface area contributed by atoms with Gasteiger partial charge in [-0.05, 0) is 36.6 Å². The summed E-state index contributed by atoms with van der Waals surface area (Å²) < 4.78 is 79.2. The second-order valence-corrected chi connectivity index (χ2v) is 7.70. The van der Waals surface area contributed by atoms with Gasteiger partial charge in [-0.15, -0.1) is 0 Å². The summed E-state index contributed by atoms with van der Waals surface area (Å²) in [6, 6.07) is 8.49. The summed E-state index contributed by atoms with van der Waals surface area (Å²) in [7, 11) is 0. The van der Waals surface area contributed by atoms with Crippen LogP contribution in [0.3, 0.4) is 0 Å². The van der Waals surface area contributed by atoms with E-state index in [4.69, 9.17) is 0 Å². The lowest BCUT2D eigenvalue weighted by molar-refractivity contribution is -0.164. The Morgan fingerprint density at radius 1 is 1.00 bits per heavy atom. The molecular weight excluding hydrogens is 424 g/mol. The first-order valence-electron chi connectivity index (χ1n) is 9.85. The number of fused-ring (bicyclic) bond motifs is 1. The molecule has 0 N–H and O–H groups in total. The van der Waals surface area contributed by atoms with Crippen LogP contribution in [-0.4, -0.2) is 35.4 Å². The minimum atomic E-state index is -5.24. The van der Waals surface area contributed by atoms with Gasteiger partial charge in [-0.1, -0.05) is 18.2 Å². The normalized spacial score (nSPS) is 19.3. The van der Waals surface area contributed by atoms with Crippen molar-refractivity contribution < 1.29 is 31.1 Å². The van der Waals surface area contributed by atoms with Crippen LogP contribution in [0.4, 0.5) is 37.8 Å². The van der Waals surface area contributed by atoms with E-state index >= 15 is 0 Å². The van der Waals surface area contributed by atoms with Gasteiger partial charge in [-0.25, -0.2) is 4.98 Å². The smallest absolute Gasteiger partial charge is 0.343 e. The van der Waals surface area contributed by atoms with E-state index in [1.165, 1.54) is 4.90 Å². The highest BCUT2D eigenvalue weighted by molar-refractivity contribution is 5.78. The fourth-order valence-corrected chi connectivity index (χ4v) is 4.26. The molecule has 1 fully saturated rings. The molecule has 4 rings (SSSR count). The number of anilines is 2. The molecule has 31 heavy (non-hydrogen) atoms. The molecule has 0 aliphatic carbocycles. The molecule has 10 heteroatoms. The second-order valence-electron chi connectivity index (χ2n) is 7.70. The Balaban J connectivity index is 1.65. The summed E-state index contributed by atoms with van der Waals surface area (Å²) in [6.07, 6.45) is -8.48. The number of halogens is 6. The summed E-state index contributed by atoms with van der Waals surface area (Å²) in [4.78, 5) is 18.5. The van der Waals surface area contributed by atoms with Crippen LogP contribution in [0, 0.1) is 0 Å². The zero-order chi connectivity index (χ0) is 22.4. The number of aromatic nitrogens is 1. The average molecular weight is 443 g/mol. The van der Waals surface area contributed by atoms with Gasteiger partial charge in [0.2, 0.25) is 5.91 Å². The third-order valence-corrected chi connectivity index (χ3v) is 5.72. The summed E-state index contributed by atoms with van der Waals surface area (Å²) in [5.74, 6) is -0.182. The largest absolute Gasteiger partial charge is 0.434 e. The summed E-state index contributed by atoms with van der Waals surface area (Å²) in [6.45, 7) is 1.49. The van der Waals surface area contributed by atoms with Crippen LogP contribution in [0.5, 0.6) is 0 Å². The molecule has 2 aliphatic rings. The van der Waals surface area contributed by atoms with Crippen molar-refractivity contribution in [3.8, 4) is 0 Å². The zero-order valence-corrected chi connectivity index (χ0v) is 16.3. The summed E-state index contributed by atoms with van der Waals surface area (Å²) in [5, 5.41) is 0. The second kappa shape index (κ2) is 7.72. The van der Waals surface area contributed by atoms with Gasteiger partial charge >= 0.3 is 12.4 Å². The fraction of sp³-hybridized carbons (Fsp3) is 0.429. The van der Waals surface area contributed by atoms with E-state index in [1.807, 2.05) is 6.07 Å². The van der Waals surface area contributed by atoms with Gasteiger partial charge < -0.3 is 9.80 Å². The van der Waals surface area contributed by atoms with E-state index in [2.05, 4.69) is 4.98 Å². The molecule has 1 aromatic carbocycles. The quantitative estimate of drug-likeness (QED) is 0.597. The predicted molar refractivity (Wildman–Crippen MR) is 101 cm³/mol. The Morgan fingerprint density at radius 2 is 1.74 bits per heavy atom. The van der Waals surface area contributed by atoms with Crippen molar-refractivity contribution in [1.29, 1.82) is 0 Å². The Labute approximate surface area is 174 Å². The molecule has 1 saturated heterocycles. The average Bonchev–Trinajstić information content (AvgIpc) is 3.28. The van der Waals surface area contributed by atoms with Gasteiger partial charge in [0, 0.05) is 37.7 Å². The first-order valence-corrected chi connectivity index (χ1v) is 9.85. The van der Waals surface area contributed by atoms with E-state index in [0.29, 0.717) is 37.7 Å². The predicted octanol–water partition coefficient (Wildman–Crippen LogP) is 5.37. The number of carbonyl (C=O) groups is 1. The third kappa shape index (κ3) is 4.20. The zero-order valence-electron chi connectivity index (χ0n) is 16.3. The van der Waals surface area contributed by atoms with Gasteiger partial charge in [0.15, 0.2) is 5.69 Å². The number of pyridine rings is 1. The summed E-state index contributed by atoms with van der Waals surface area (Å²) in [5.41, 5.74) is -2.26. The number of nitrogens with zero attached hydrogens (tertiary/aromatic N) is 3. The van der Waals surface area contributed by atoms with Gasteiger partial charge in [0.05, 0.1) is 5.56 Å². The first-order chi connectivity index (χ1) is 14.6. The highest BCUT2D eigenvalue weighted by atomic mass is 19.4. The molecule has 2 aromatic rings. The Kier molecular flexibility index (Phi) is 5.35. The molecule has 1 unspecified atom stereocenters. The Morgan fingerprint density at radius 3 is 2.39 bits per heavy atom. The molecule has 4 nitrogen and oxygen atoms in total. The minimum absolute atomic E-state index is 0.0805. The molecule has 0 saturated carbocycles. The highest BCUT2D eigenvalue weighted by Crippen LogP contribution is 2.44. The number of benzene rings is 1. The molecule has 1 aromatic heterocycles. The summed E-state index contributed by atoms with van der Waals surface area (Å²) >= 11 is 0. The van der Waals surface area contributed by atoms with Crippen molar-refractivity contribution in [2.75, 3.05) is 24.5 Å². The number of para-hydroxylation sites is 1. The monoisotopic (exact) mass is 443 g/mol. The highest BCUT2D eigenvalue weighted by Gasteiger charge is 2.45. The molecule has 0 spiro atoms.